The fraction of sp³-hybridized carbons (Fsp3) is 0.250. The molecule has 1 heterocycles. The molecular weight excluding hydrogens is 338 g/mol. The average Bonchev–Trinajstić information content (AvgIpc) is 2.53. The molecule has 8 heteroatoms. The summed E-state index contributed by atoms with van der Waals surface area (Å²) in [5.41, 5.74) is 1.26. The molecule has 1 aliphatic rings. The van der Waals surface area contributed by atoms with E-state index in [0.717, 1.165) is 6.07 Å². The number of hydrogen-bond donors (Lipinski definition) is 2. The Hall–Kier alpha value is -2.03. The number of halogens is 2. The molecule has 0 saturated carbocycles. The third-order valence-corrected chi connectivity index (χ3v) is 4.79. The van der Waals surface area contributed by atoms with Crippen molar-refractivity contribution in [1.29, 1.82) is 0 Å². The summed E-state index contributed by atoms with van der Waals surface area (Å²) < 4.78 is 55.3. The monoisotopic (exact) mass is 354 g/mol. The van der Waals surface area contributed by atoms with Crippen molar-refractivity contribution in [2.24, 2.45) is 5.14 Å². The van der Waals surface area contributed by atoms with Crippen LogP contribution < -0.4 is 15.2 Å². The largest absolute Gasteiger partial charge is 0.493 e. The lowest BCUT2D eigenvalue weighted by Crippen LogP contribution is -2.27. The molecule has 128 valence electrons. The Morgan fingerprint density at radius 3 is 2.75 bits per heavy atom. The highest BCUT2D eigenvalue weighted by molar-refractivity contribution is 7.89. The zero-order valence-electron chi connectivity index (χ0n) is 12.6. The number of benzene rings is 2. The van der Waals surface area contributed by atoms with Crippen molar-refractivity contribution in [2.45, 2.75) is 23.9 Å². The standard InChI is InChI=1S/C16H16F2N2O3S/c17-11-2-4-15-12(8-11)14(5-6-23-15)20-9-10-1-3-13(18)16(7-10)24(19,21)22/h1-4,7-8,14,20H,5-6,9H2,(H2,19,21,22)/t14-/m0/s1. The van der Waals surface area contributed by atoms with Gasteiger partial charge in [0.15, 0.2) is 0 Å². The molecule has 24 heavy (non-hydrogen) atoms. The molecule has 0 fully saturated rings. The Morgan fingerprint density at radius 1 is 1.21 bits per heavy atom. The van der Waals surface area contributed by atoms with Crippen molar-refractivity contribution in [3.05, 3.63) is 59.2 Å². The average molecular weight is 354 g/mol. The zero-order valence-corrected chi connectivity index (χ0v) is 13.4. The third-order valence-electron chi connectivity index (χ3n) is 3.87. The molecule has 0 aromatic heterocycles. The number of primary sulfonamides is 1. The number of rotatable bonds is 4. The van der Waals surface area contributed by atoms with E-state index in [9.17, 15) is 17.2 Å². The van der Waals surface area contributed by atoms with Crippen molar-refractivity contribution in [1.82, 2.24) is 5.32 Å². The Morgan fingerprint density at radius 2 is 2.00 bits per heavy atom. The highest BCUT2D eigenvalue weighted by Crippen LogP contribution is 2.32. The van der Waals surface area contributed by atoms with E-state index in [2.05, 4.69) is 5.32 Å². The first-order valence-corrected chi connectivity index (χ1v) is 8.86. The molecule has 2 aromatic rings. The predicted molar refractivity (Wildman–Crippen MR) is 83.9 cm³/mol. The van der Waals surface area contributed by atoms with Gasteiger partial charge in [-0.3, -0.25) is 0 Å². The number of nitrogens with two attached hydrogens (primary N) is 1. The second-order valence-electron chi connectivity index (χ2n) is 5.56. The molecule has 0 radical (unpaired) electrons. The molecule has 0 aliphatic carbocycles. The summed E-state index contributed by atoms with van der Waals surface area (Å²) in [4.78, 5) is -0.541. The highest BCUT2D eigenvalue weighted by atomic mass is 32.2. The van der Waals surface area contributed by atoms with E-state index >= 15 is 0 Å². The maximum absolute atomic E-state index is 13.6. The summed E-state index contributed by atoms with van der Waals surface area (Å²) >= 11 is 0. The van der Waals surface area contributed by atoms with Crippen LogP contribution >= 0.6 is 0 Å². The summed E-state index contributed by atoms with van der Waals surface area (Å²) in [6, 6.07) is 7.91. The normalized spacial score (nSPS) is 17.2. The van der Waals surface area contributed by atoms with Crippen LogP contribution in [0.3, 0.4) is 0 Å². The number of ether oxygens (including phenoxy) is 1. The van der Waals surface area contributed by atoms with E-state index in [1.165, 1.54) is 24.3 Å². The van der Waals surface area contributed by atoms with Gasteiger partial charge < -0.3 is 10.1 Å². The number of hydrogen-bond acceptors (Lipinski definition) is 4. The van der Waals surface area contributed by atoms with E-state index in [1.54, 1.807) is 6.07 Å². The van der Waals surface area contributed by atoms with Crippen LogP contribution in [0.25, 0.3) is 0 Å². The Kier molecular flexibility index (Phi) is 4.53. The van der Waals surface area contributed by atoms with Crippen LogP contribution in [0.5, 0.6) is 5.75 Å². The van der Waals surface area contributed by atoms with Crippen molar-refractivity contribution in [2.75, 3.05) is 6.61 Å². The van der Waals surface area contributed by atoms with Crippen LogP contribution in [0, 0.1) is 11.6 Å². The van der Waals surface area contributed by atoms with Crippen LogP contribution in [-0.4, -0.2) is 15.0 Å². The molecule has 0 unspecified atom stereocenters. The Labute approximate surface area is 138 Å². The number of fused-ring (bicyclic) bond motifs is 1. The molecule has 0 bridgehead atoms. The first-order valence-electron chi connectivity index (χ1n) is 7.31. The fourth-order valence-corrected chi connectivity index (χ4v) is 3.35. The van der Waals surface area contributed by atoms with Gasteiger partial charge in [0.25, 0.3) is 0 Å². The molecule has 3 N–H and O–H groups in total. The van der Waals surface area contributed by atoms with Gasteiger partial charge >= 0.3 is 0 Å². The van der Waals surface area contributed by atoms with Crippen LogP contribution in [0.1, 0.15) is 23.6 Å². The first-order chi connectivity index (χ1) is 11.3. The minimum atomic E-state index is -4.13. The quantitative estimate of drug-likeness (QED) is 0.882. The number of sulfonamides is 1. The minimum Gasteiger partial charge on any atom is -0.493 e. The van der Waals surface area contributed by atoms with E-state index in [4.69, 9.17) is 9.88 Å². The summed E-state index contributed by atoms with van der Waals surface area (Å²) in [6.07, 6.45) is 0.639. The van der Waals surface area contributed by atoms with Gasteiger partial charge in [-0.2, -0.15) is 0 Å². The van der Waals surface area contributed by atoms with Gasteiger partial charge in [0.1, 0.15) is 22.3 Å². The fourth-order valence-electron chi connectivity index (χ4n) is 2.69. The van der Waals surface area contributed by atoms with Crippen LogP contribution in [0.2, 0.25) is 0 Å². The van der Waals surface area contributed by atoms with Gasteiger partial charge in [0.2, 0.25) is 10.0 Å². The predicted octanol–water partition coefficient (Wildman–Crippen LogP) is 2.23. The molecule has 1 aliphatic heterocycles. The smallest absolute Gasteiger partial charge is 0.240 e. The highest BCUT2D eigenvalue weighted by Gasteiger charge is 2.22. The van der Waals surface area contributed by atoms with Crippen LogP contribution in [-0.2, 0) is 16.6 Å². The molecule has 5 nitrogen and oxygen atoms in total. The molecule has 1 atom stereocenters. The van der Waals surface area contributed by atoms with Gasteiger partial charge in [-0.25, -0.2) is 22.3 Å². The van der Waals surface area contributed by atoms with Gasteiger partial charge in [-0.05, 0) is 35.9 Å². The van der Waals surface area contributed by atoms with Crippen LogP contribution in [0.4, 0.5) is 8.78 Å². The second-order valence-corrected chi connectivity index (χ2v) is 7.09. The summed E-state index contributed by atoms with van der Waals surface area (Å²) in [6.45, 7) is 0.769. The summed E-state index contributed by atoms with van der Waals surface area (Å²) in [5.74, 6) is -0.631. The van der Waals surface area contributed by atoms with E-state index in [0.29, 0.717) is 29.9 Å². The topological polar surface area (TPSA) is 81.4 Å². The lowest BCUT2D eigenvalue weighted by Gasteiger charge is -2.27. The first kappa shape index (κ1) is 16.8. The number of nitrogens with one attached hydrogen (secondary N) is 1. The van der Waals surface area contributed by atoms with E-state index < -0.39 is 20.7 Å². The third kappa shape index (κ3) is 3.55. The van der Waals surface area contributed by atoms with Crippen molar-refractivity contribution in [3.63, 3.8) is 0 Å². The Bertz CT molecular complexity index is 872. The Balaban J connectivity index is 1.79. The van der Waals surface area contributed by atoms with Crippen molar-refractivity contribution < 1.29 is 21.9 Å². The van der Waals surface area contributed by atoms with Gasteiger partial charge in [0, 0.05) is 24.6 Å². The lowest BCUT2D eigenvalue weighted by molar-refractivity contribution is 0.251. The van der Waals surface area contributed by atoms with E-state index in [1.807, 2.05) is 0 Å². The molecule has 2 aromatic carbocycles. The van der Waals surface area contributed by atoms with E-state index in [-0.39, 0.29) is 18.4 Å². The van der Waals surface area contributed by atoms with Gasteiger partial charge in [0.05, 0.1) is 6.61 Å². The van der Waals surface area contributed by atoms with Gasteiger partial charge in [-0.1, -0.05) is 6.07 Å². The minimum absolute atomic E-state index is 0.146. The zero-order chi connectivity index (χ0) is 17.3. The van der Waals surface area contributed by atoms with Crippen LogP contribution in [0.15, 0.2) is 41.3 Å². The maximum atomic E-state index is 13.6. The molecular formula is C16H16F2N2O3S. The molecule has 0 saturated heterocycles. The lowest BCUT2D eigenvalue weighted by atomic mass is 10.00. The summed E-state index contributed by atoms with van der Waals surface area (Å²) in [7, 11) is -4.13. The van der Waals surface area contributed by atoms with Gasteiger partial charge in [-0.15, -0.1) is 0 Å². The summed E-state index contributed by atoms with van der Waals surface area (Å²) in [5, 5.41) is 8.21. The SMILES string of the molecule is NS(=O)(=O)c1cc(CN[C@H]2CCOc3ccc(F)cc32)ccc1F. The maximum Gasteiger partial charge on any atom is 0.240 e. The molecule has 0 amide bonds. The molecule has 3 rings (SSSR count). The molecule has 0 spiro atoms. The van der Waals surface area contributed by atoms with Crippen molar-refractivity contribution in [3.8, 4) is 5.75 Å². The van der Waals surface area contributed by atoms with Crippen molar-refractivity contribution >= 4 is 10.0 Å². The second kappa shape index (κ2) is 6.46.